The predicted octanol–water partition coefficient (Wildman–Crippen LogP) is 4.56. The molecule has 1 atom stereocenters. The fourth-order valence-corrected chi connectivity index (χ4v) is 2.54. The number of para-hydroxylation sites is 1. The molecular formula is C18H10F6N4O2. The molecule has 2 aromatic carbocycles. The van der Waals surface area contributed by atoms with Crippen molar-refractivity contribution in [3.8, 4) is 6.07 Å². The van der Waals surface area contributed by atoms with E-state index < -0.39 is 41.0 Å². The van der Waals surface area contributed by atoms with Gasteiger partial charge in [-0.1, -0.05) is 17.3 Å². The number of Topliss-reactive ketones (excluding diaryl/α,β-unsaturated/α-hetero) is 1. The van der Waals surface area contributed by atoms with Crippen LogP contribution in [-0.2, 0) is 12.4 Å². The van der Waals surface area contributed by atoms with Crippen molar-refractivity contribution < 1.29 is 35.7 Å². The van der Waals surface area contributed by atoms with Gasteiger partial charge in [0.15, 0.2) is 17.3 Å². The number of benzene rings is 2. The second kappa shape index (κ2) is 7.68. The molecule has 0 saturated carbocycles. The van der Waals surface area contributed by atoms with Crippen molar-refractivity contribution in [2.75, 3.05) is 5.43 Å². The Morgan fingerprint density at radius 2 is 1.63 bits per heavy atom. The van der Waals surface area contributed by atoms with Gasteiger partial charge in [-0.15, -0.1) is 0 Å². The van der Waals surface area contributed by atoms with Crippen molar-refractivity contribution in [1.29, 1.82) is 5.26 Å². The number of hydrogen-bond acceptors (Lipinski definition) is 6. The van der Waals surface area contributed by atoms with Gasteiger partial charge in [0.25, 0.3) is 0 Å². The summed E-state index contributed by atoms with van der Waals surface area (Å²) in [6, 6.07) is 6.90. The maximum absolute atomic E-state index is 12.9. The molecule has 0 spiro atoms. The van der Waals surface area contributed by atoms with E-state index >= 15 is 0 Å². The quantitative estimate of drug-likeness (QED) is 0.352. The number of anilines is 1. The molecule has 30 heavy (non-hydrogen) atoms. The van der Waals surface area contributed by atoms with E-state index in [1.165, 1.54) is 12.1 Å². The lowest BCUT2D eigenvalue weighted by Crippen LogP contribution is -2.39. The second-order valence-electron chi connectivity index (χ2n) is 6.02. The zero-order valence-corrected chi connectivity index (χ0v) is 14.6. The van der Waals surface area contributed by atoms with Crippen LogP contribution in [0.15, 0.2) is 47.0 Å². The smallest absolute Gasteiger partial charge is 0.356 e. The first-order chi connectivity index (χ1) is 14.0. The van der Waals surface area contributed by atoms with Crippen LogP contribution in [0.3, 0.4) is 0 Å². The summed E-state index contributed by atoms with van der Waals surface area (Å²) in [6.45, 7) is 0. The largest absolute Gasteiger partial charge is 0.416 e. The summed E-state index contributed by atoms with van der Waals surface area (Å²) in [5.41, 5.74) is 0.478. The third-order valence-corrected chi connectivity index (χ3v) is 3.95. The zero-order valence-electron chi connectivity index (χ0n) is 14.6. The zero-order chi connectivity index (χ0) is 22.1. The summed E-state index contributed by atoms with van der Waals surface area (Å²) in [5, 5.41) is 13.1. The fourth-order valence-electron chi connectivity index (χ4n) is 2.54. The predicted molar refractivity (Wildman–Crippen MR) is 90.9 cm³/mol. The molecule has 0 fully saturated rings. The number of rotatable bonds is 5. The first-order valence-corrected chi connectivity index (χ1v) is 8.10. The molecule has 3 rings (SSSR count). The van der Waals surface area contributed by atoms with Crippen LogP contribution in [0.1, 0.15) is 21.6 Å². The van der Waals surface area contributed by atoms with E-state index in [1.54, 1.807) is 18.2 Å². The van der Waals surface area contributed by atoms with Crippen LogP contribution in [0.25, 0.3) is 11.0 Å². The number of nitriles is 1. The normalized spacial score (nSPS) is 13.1. The van der Waals surface area contributed by atoms with E-state index in [0.29, 0.717) is 17.5 Å². The van der Waals surface area contributed by atoms with Gasteiger partial charge >= 0.3 is 12.4 Å². The monoisotopic (exact) mass is 428 g/mol. The van der Waals surface area contributed by atoms with E-state index in [-0.39, 0.29) is 17.3 Å². The molecule has 12 heteroatoms. The number of aromatic nitrogens is 1. The summed E-state index contributed by atoms with van der Waals surface area (Å²) in [5.74, 6) is -0.891. The molecule has 2 N–H and O–H groups in total. The van der Waals surface area contributed by atoms with Crippen molar-refractivity contribution in [2.45, 2.75) is 18.4 Å². The Bertz CT molecular complexity index is 1100. The molecule has 6 nitrogen and oxygen atoms in total. The molecule has 0 saturated heterocycles. The van der Waals surface area contributed by atoms with Crippen molar-refractivity contribution in [1.82, 2.24) is 10.6 Å². The number of halogens is 6. The van der Waals surface area contributed by atoms with Gasteiger partial charge in [0.1, 0.15) is 0 Å². The van der Waals surface area contributed by atoms with E-state index in [1.807, 2.05) is 0 Å². The van der Waals surface area contributed by atoms with Crippen LogP contribution in [0.5, 0.6) is 0 Å². The minimum atomic E-state index is -5.04. The van der Waals surface area contributed by atoms with Gasteiger partial charge in [-0.25, -0.2) is 5.43 Å². The SMILES string of the molecule is N#CC(NNc1cc(C(F)(F)F)cc(C(F)(F)F)c1)C(=O)c1noc2ccccc12. The molecule has 1 heterocycles. The van der Waals surface area contributed by atoms with Crippen molar-refractivity contribution >= 4 is 22.4 Å². The minimum Gasteiger partial charge on any atom is -0.356 e. The molecule has 0 aliphatic rings. The van der Waals surface area contributed by atoms with Crippen molar-refractivity contribution in [3.05, 3.63) is 59.3 Å². The van der Waals surface area contributed by atoms with Gasteiger partial charge in [0.2, 0.25) is 5.78 Å². The standard InChI is InChI=1S/C18H10F6N4O2/c19-17(20,21)9-5-10(18(22,23)24)7-11(6-9)26-27-13(8-25)16(29)15-12-3-1-2-4-14(12)30-28-15/h1-7,13,26-27H. The van der Waals surface area contributed by atoms with E-state index in [4.69, 9.17) is 4.52 Å². The third-order valence-electron chi connectivity index (χ3n) is 3.95. The number of alkyl halides is 6. The van der Waals surface area contributed by atoms with Gasteiger partial charge < -0.3 is 9.95 Å². The van der Waals surface area contributed by atoms with Gasteiger partial charge in [-0.05, 0) is 30.3 Å². The molecule has 0 bridgehead atoms. The Morgan fingerprint density at radius 3 is 2.20 bits per heavy atom. The molecular weight excluding hydrogens is 418 g/mol. The highest BCUT2D eigenvalue weighted by Gasteiger charge is 2.37. The van der Waals surface area contributed by atoms with Gasteiger partial charge in [-0.2, -0.15) is 31.6 Å². The average molecular weight is 428 g/mol. The highest BCUT2D eigenvalue weighted by Crippen LogP contribution is 2.37. The molecule has 0 amide bonds. The van der Waals surface area contributed by atoms with E-state index in [2.05, 4.69) is 16.0 Å². The molecule has 0 aliphatic carbocycles. The average Bonchev–Trinajstić information content (AvgIpc) is 3.11. The van der Waals surface area contributed by atoms with Crippen molar-refractivity contribution in [2.24, 2.45) is 0 Å². The summed E-state index contributed by atoms with van der Waals surface area (Å²) < 4.78 is 82.5. The Labute approximate surface area is 164 Å². The Hall–Kier alpha value is -3.59. The third kappa shape index (κ3) is 4.36. The number of ketones is 1. The number of hydrogen-bond donors (Lipinski definition) is 2. The topological polar surface area (TPSA) is 91.0 Å². The summed E-state index contributed by atoms with van der Waals surface area (Å²) >= 11 is 0. The van der Waals surface area contributed by atoms with Gasteiger partial charge in [-0.3, -0.25) is 4.79 Å². The second-order valence-corrected chi connectivity index (χ2v) is 6.02. The van der Waals surface area contributed by atoms with Crippen LogP contribution >= 0.6 is 0 Å². The lowest BCUT2D eigenvalue weighted by molar-refractivity contribution is -0.143. The number of carbonyl (C=O) groups excluding carboxylic acids is 1. The molecule has 1 aromatic heterocycles. The Balaban J connectivity index is 1.86. The number of nitrogens with one attached hydrogen (secondary N) is 2. The van der Waals surface area contributed by atoms with Crippen LogP contribution in [0, 0.1) is 11.3 Å². The van der Waals surface area contributed by atoms with Crippen molar-refractivity contribution in [3.63, 3.8) is 0 Å². The van der Waals surface area contributed by atoms with Crippen LogP contribution in [0.2, 0.25) is 0 Å². The highest BCUT2D eigenvalue weighted by molar-refractivity contribution is 6.09. The molecule has 156 valence electrons. The van der Waals surface area contributed by atoms with E-state index in [9.17, 15) is 36.4 Å². The van der Waals surface area contributed by atoms with Gasteiger partial charge in [0.05, 0.1) is 22.6 Å². The first kappa shape index (κ1) is 21.1. The lowest BCUT2D eigenvalue weighted by atomic mass is 10.1. The maximum atomic E-state index is 12.9. The number of fused-ring (bicyclic) bond motifs is 1. The van der Waals surface area contributed by atoms with Crippen LogP contribution in [0.4, 0.5) is 32.0 Å². The summed E-state index contributed by atoms with van der Waals surface area (Å²) in [4.78, 5) is 12.5. The summed E-state index contributed by atoms with van der Waals surface area (Å²) in [7, 11) is 0. The fraction of sp³-hybridized carbons (Fsp3) is 0.167. The molecule has 0 aliphatic heterocycles. The Morgan fingerprint density at radius 1 is 1.03 bits per heavy atom. The van der Waals surface area contributed by atoms with Gasteiger partial charge in [0, 0.05) is 5.69 Å². The summed E-state index contributed by atoms with van der Waals surface area (Å²) in [6.07, 6.45) is -10.1. The van der Waals surface area contributed by atoms with Crippen LogP contribution < -0.4 is 10.9 Å². The number of nitrogens with zero attached hydrogens (tertiary/aromatic N) is 2. The maximum Gasteiger partial charge on any atom is 0.416 e. The lowest BCUT2D eigenvalue weighted by Gasteiger charge is -2.16. The Kier molecular flexibility index (Phi) is 5.41. The number of hydrazine groups is 1. The molecule has 0 radical (unpaired) electrons. The first-order valence-electron chi connectivity index (χ1n) is 8.10. The molecule has 1 unspecified atom stereocenters. The molecule has 3 aromatic rings. The highest BCUT2D eigenvalue weighted by atomic mass is 19.4. The number of carbonyl (C=O) groups is 1. The van der Waals surface area contributed by atoms with Crippen LogP contribution in [-0.4, -0.2) is 17.0 Å². The van der Waals surface area contributed by atoms with E-state index in [0.717, 1.165) is 0 Å². The minimum absolute atomic E-state index is 0.0420.